The van der Waals surface area contributed by atoms with Crippen LogP contribution in [0.5, 0.6) is 0 Å². The highest BCUT2D eigenvalue weighted by Gasteiger charge is 2.22. The lowest BCUT2D eigenvalue weighted by molar-refractivity contribution is 0.0942. The molecule has 1 N–H and O–H groups in total. The Labute approximate surface area is 152 Å². The van der Waals surface area contributed by atoms with Crippen LogP contribution >= 0.6 is 11.3 Å². The standard InChI is InChI=1S/C19H24N4OS/c1-12(18-21-13-8-6-7-9-15(13)25-18)11-20-17(24)14-10-16(19(2,3)4)22-23(14)5/h6-10,12H,11H2,1-5H3,(H,20,24). The molecule has 0 spiro atoms. The molecule has 0 fully saturated rings. The first-order valence-electron chi connectivity index (χ1n) is 8.44. The summed E-state index contributed by atoms with van der Waals surface area (Å²) in [6.07, 6.45) is 0. The molecule has 0 aliphatic carbocycles. The summed E-state index contributed by atoms with van der Waals surface area (Å²) in [5, 5.41) is 8.52. The first-order valence-corrected chi connectivity index (χ1v) is 9.25. The Kier molecular flexibility index (Phi) is 4.64. The topological polar surface area (TPSA) is 59.8 Å². The molecule has 5 nitrogen and oxygen atoms in total. The number of benzene rings is 1. The van der Waals surface area contributed by atoms with Gasteiger partial charge in [-0.3, -0.25) is 9.48 Å². The number of nitrogens with zero attached hydrogens (tertiary/aromatic N) is 3. The third-order valence-corrected chi connectivity index (χ3v) is 5.45. The zero-order chi connectivity index (χ0) is 18.2. The Bertz CT molecular complexity index is 871. The van der Waals surface area contributed by atoms with Crippen molar-refractivity contribution in [3.63, 3.8) is 0 Å². The lowest BCUT2D eigenvalue weighted by Crippen LogP contribution is -2.29. The molecular weight excluding hydrogens is 332 g/mol. The fraction of sp³-hybridized carbons (Fsp3) is 0.421. The van der Waals surface area contributed by atoms with Gasteiger partial charge >= 0.3 is 0 Å². The molecule has 1 amide bonds. The van der Waals surface area contributed by atoms with E-state index in [-0.39, 0.29) is 17.2 Å². The summed E-state index contributed by atoms with van der Waals surface area (Å²) in [4.78, 5) is 17.2. The summed E-state index contributed by atoms with van der Waals surface area (Å²) in [6, 6.07) is 9.98. The van der Waals surface area contributed by atoms with Crippen molar-refractivity contribution >= 4 is 27.5 Å². The molecule has 2 heterocycles. The molecule has 1 atom stereocenters. The first kappa shape index (κ1) is 17.6. The highest BCUT2D eigenvalue weighted by Crippen LogP contribution is 2.27. The largest absolute Gasteiger partial charge is 0.350 e. The Morgan fingerprint density at radius 1 is 1.32 bits per heavy atom. The average molecular weight is 356 g/mol. The fourth-order valence-electron chi connectivity index (χ4n) is 2.57. The number of aryl methyl sites for hydroxylation is 1. The number of hydrogen-bond donors (Lipinski definition) is 1. The zero-order valence-corrected chi connectivity index (χ0v) is 16.1. The molecule has 6 heteroatoms. The second-order valence-electron chi connectivity index (χ2n) is 7.42. The van der Waals surface area contributed by atoms with Crippen LogP contribution in [0.15, 0.2) is 30.3 Å². The smallest absolute Gasteiger partial charge is 0.269 e. The molecule has 0 radical (unpaired) electrons. The number of thiazole rings is 1. The van der Waals surface area contributed by atoms with Crippen molar-refractivity contribution in [2.24, 2.45) is 7.05 Å². The average Bonchev–Trinajstić information content (AvgIpc) is 3.15. The van der Waals surface area contributed by atoms with E-state index in [1.807, 2.05) is 24.3 Å². The predicted octanol–water partition coefficient (Wildman–Crippen LogP) is 3.86. The minimum atomic E-state index is -0.0986. The second kappa shape index (κ2) is 6.59. The Morgan fingerprint density at radius 2 is 2.04 bits per heavy atom. The molecule has 0 saturated carbocycles. The van der Waals surface area contributed by atoms with Gasteiger partial charge in [0.15, 0.2) is 0 Å². The Balaban J connectivity index is 1.68. The highest BCUT2D eigenvalue weighted by molar-refractivity contribution is 7.18. The van der Waals surface area contributed by atoms with E-state index in [4.69, 9.17) is 0 Å². The number of aromatic nitrogens is 3. The van der Waals surface area contributed by atoms with Crippen molar-refractivity contribution in [1.82, 2.24) is 20.1 Å². The molecule has 3 rings (SSSR count). The van der Waals surface area contributed by atoms with Crippen LogP contribution in [0.4, 0.5) is 0 Å². The van der Waals surface area contributed by atoms with Crippen LogP contribution in [0.25, 0.3) is 10.2 Å². The Morgan fingerprint density at radius 3 is 2.68 bits per heavy atom. The number of hydrogen-bond acceptors (Lipinski definition) is 4. The maximum atomic E-state index is 12.5. The molecule has 1 aromatic carbocycles. The van der Waals surface area contributed by atoms with E-state index in [0.29, 0.717) is 12.2 Å². The molecular formula is C19H24N4OS. The molecule has 0 bridgehead atoms. The van der Waals surface area contributed by atoms with Gasteiger partial charge in [0.2, 0.25) is 0 Å². The second-order valence-corrected chi connectivity index (χ2v) is 8.48. The van der Waals surface area contributed by atoms with Crippen LogP contribution in [0, 0.1) is 0 Å². The van der Waals surface area contributed by atoms with E-state index in [0.717, 1.165) is 16.2 Å². The minimum Gasteiger partial charge on any atom is -0.350 e. The predicted molar refractivity (Wildman–Crippen MR) is 102 cm³/mol. The number of para-hydroxylation sites is 1. The molecule has 1 unspecified atom stereocenters. The quantitative estimate of drug-likeness (QED) is 0.772. The van der Waals surface area contributed by atoms with Crippen LogP contribution in [0.1, 0.15) is 54.8 Å². The number of nitrogens with one attached hydrogen (secondary N) is 1. The van der Waals surface area contributed by atoms with E-state index < -0.39 is 0 Å². The Hall–Kier alpha value is -2.21. The maximum absolute atomic E-state index is 12.5. The number of carbonyl (C=O) groups excluding carboxylic acids is 1. The fourth-order valence-corrected chi connectivity index (χ4v) is 3.59. The van der Waals surface area contributed by atoms with Crippen molar-refractivity contribution in [3.05, 3.63) is 46.7 Å². The SMILES string of the molecule is CC(CNC(=O)c1cc(C(C)(C)C)nn1C)c1nc2ccccc2s1. The normalized spacial score (nSPS) is 13.2. The summed E-state index contributed by atoms with van der Waals surface area (Å²) in [7, 11) is 1.81. The highest BCUT2D eigenvalue weighted by atomic mass is 32.1. The van der Waals surface area contributed by atoms with Gasteiger partial charge < -0.3 is 5.32 Å². The van der Waals surface area contributed by atoms with E-state index >= 15 is 0 Å². The summed E-state index contributed by atoms with van der Waals surface area (Å²) in [6.45, 7) is 8.90. The first-order chi connectivity index (χ1) is 11.8. The van der Waals surface area contributed by atoms with Gasteiger partial charge in [0.05, 0.1) is 20.9 Å². The van der Waals surface area contributed by atoms with Crippen molar-refractivity contribution in [2.75, 3.05) is 6.54 Å². The molecule has 2 aromatic heterocycles. The molecule has 0 aliphatic heterocycles. The summed E-state index contributed by atoms with van der Waals surface area (Å²) in [5.41, 5.74) is 2.44. The molecule has 132 valence electrons. The van der Waals surface area contributed by atoms with Gasteiger partial charge in [-0.2, -0.15) is 5.10 Å². The van der Waals surface area contributed by atoms with Gasteiger partial charge in [0.1, 0.15) is 5.69 Å². The van der Waals surface area contributed by atoms with Crippen LogP contribution in [-0.4, -0.2) is 27.2 Å². The number of amides is 1. The van der Waals surface area contributed by atoms with E-state index in [2.05, 4.69) is 49.2 Å². The summed E-state index contributed by atoms with van der Waals surface area (Å²) in [5.74, 6) is 0.0649. The van der Waals surface area contributed by atoms with E-state index in [9.17, 15) is 4.79 Å². The van der Waals surface area contributed by atoms with E-state index in [1.165, 1.54) is 4.70 Å². The summed E-state index contributed by atoms with van der Waals surface area (Å²) >= 11 is 1.68. The molecule has 0 aliphatic rings. The summed E-state index contributed by atoms with van der Waals surface area (Å²) < 4.78 is 2.83. The van der Waals surface area contributed by atoms with Crippen LogP contribution < -0.4 is 5.32 Å². The number of carbonyl (C=O) groups is 1. The third kappa shape index (κ3) is 3.74. The molecule has 25 heavy (non-hydrogen) atoms. The lowest BCUT2D eigenvalue weighted by atomic mass is 9.92. The van der Waals surface area contributed by atoms with Crippen molar-refractivity contribution in [1.29, 1.82) is 0 Å². The van der Waals surface area contributed by atoms with Crippen LogP contribution in [0.2, 0.25) is 0 Å². The van der Waals surface area contributed by atoms with Crippen LogP contribution in [0.3, 0.4) is 0 Å². The van der Waals surface area contributed by atoms with Crippen LogP contribution in [-0.2, 0) is 12.5 Å². The van der Waals surface area contributed by atoms with Gasteiger partial charge in [-0.15, -0.1) is 11.3 Å². The maximum Gasteiger partial charge on any atom is 0.269 e. The lowest BCUT2D eigenvalue weighted by Gasteiger charge is -2.13. The minimum absolute atomic E-state index is 0.0788. The van der Waals surface area contributed by atoms with Gasteiger partial charge in [0, 0.05) is 24.9 Å². The van der Waals surface area contributed by atoms with Gasteiger partial charge in [-0.1, -0.05) is 39.8 Å². The van der Waals surface area contributed by atoms with Crippen molar-refractivity contribution in [2.45, 2.75) is 39.0 Å². The van der Waals surface area contributed by atoms with Crippen molar-refractivity contribution in [3.8, 4) is 0 Å². The number of fused-ring (bicyclic) bond motifs is 1. The van der Waals surface area contributed by atoms with Crippen molar-refractivity contribution < 1.29 is 4.79 Å². The van der Waals surface area contributed by atoms with Gasteiger partial charge in [-0.05, 0) is 18.2 Å². The van der Waals surface area contributed by atoms with E-state index in [1.54, 1.807) is 23.1 Å². The van der Waals surface area contributed by atoms with Gasteiger partial charge in [0.25, 0.3) is 5.91 Å². The molecule has 3 aromatic rings. The number of rotatable bonds is 4. The van der Waals surface area contributed by atoms with Gasteiger partial charge in [-0.25, -0.2) is 4.98 Å². The molecule has 0 saturated heterocycles. The monoisotopic (exact) mass is 356 g/mol. The third-order valence-electron chi connectivity index (χ3n) is 4.18. The zero-order valence-electron chi connectivity index (χ0n) is 15.3.